The Morgan fingerprint density at radius 3 is 2.53 bits per heavy atom. The quantitative estimate of drug-likeness (QED) is 0.747. The van der Waals surface area contributed by atoms with Crippen LogP contribution in [0.1, 0.15) is 46.5 Å². The largest absolute Gasteiger partial charge is 0.395 e. The number of hydrogen-bond donors (Lipinski definition) is 2. The summed E-state index contributed by atoms with van der Waals surface area (Å²) in [6.07, 6.45) is 5.52. The van der Waals surface area contributed by atoms with E-state index in [0.29, 0.717) is 23.5 Å². The van der Waals surface area contributed by atoms with Crippen molar-refractivity contribution in [2.75, 3.05) is 13.2 Å². The maximum Gasteiger partial charge on any atom is 0.0661 e. The standard InChI is InChI=1S/C14H27NO2/c1-4-17-13-8-12(14(13)6-5-7-14)15-11(9-16)10(2)3/h10-13,15-16H,4-9H2,1-3H3/t11-,12?,13?/m1/s1. The predicted octanol–water partition coefficient (Wildman–Crippen LogP) is 1.94. The van der Waals surface area contributed by atoms with E-state index in [4.69, 9.17) is 4.74 Å². The monoisotopic (exact) mass is 241 g/mol. The average molecular weight is 241 g/mol. The van der Waals surface area contributed by atoms with Crippen LogP contribution >= 0.6 is 0 Å². The Bertz CT molecular complexity index is 251. The average Bonchev–Trinajstić information content (AvgIpc) is 2.19. The van der Waals surface area contributed by atoms with Gasteiger partial charge in [-0.15, -0.1) is 0 Å². The van der Waals surface area contributed by atoms with Crippen molar-refractivity contribution in [2.24, 2.45) is 11.3 Å². The van der Waals surface area contributed by atoms with Crippen molar-refractivity contribution >= 4 is 0 Å². The molecule has 2 rings (SSSR count). The van der Waals surface area contributed by atoms with Crippen LogP contribution in [0.25, 0.3) is 0 Å². The van der Waals surface area contributed by atoms with Gasteiger partial charge in [0, 0.05) is 24.1 Å². The lowest BCUT2D eigenvalue weighted by atomic mass is 9.51. The topological polar surface area (TPSA) is 41.5 Å². The van der Waals surface area contributed by atoms with Crippen LogP contribution in [0.2, 0.25) is 0 Å². The predicted molar refractivity (Wildman–Crippen MR) is 69.0 cm³/mol. The molecular weight excluding hydrogens is 214 g/mol. The van der Waals surface area contributed by atoms with Gasteiger partial charge in [-0.1, -0.05) is 20.3 Å². The first-order valence-corrected chi connectivity index (χ1v) is 7.12. The SMILES string of the molecule is CCOC1CC(N[C@H](CO)C(C)C)C12CCC2. The first-order chi connectivity index (χ1) is 8.14. The van der Waals surface area contributed by atoms with E-state index >= 15 is 0 Å². The molecule has 3 heteroatoms. The van der Waals surface area contributed by atoms with Crippen molar-refractivity contribution in [2.45, 2.75) is 64.6 Å². The van der Waals surface area contributed by atoms with Crippen molar-refractivity contribution in [3.63, 3.8) is 0 Å². The Morgan fingerprint density at radius 1 is 1.41 bits per heavy atom. The van der Waals surface area contributed by atoms with Crippen LogP contribution in [-0.2, 0) is 4.74 Å². The van der Waals surface area contributed by atoms with Crippen LogP contribution in [0.4, 0.5) is 0 Å². The maximum absolute atomic E-state index is 9.40. The van der Waals surface area contributed by atoms with Gasteiger partial charge < -0.3 is 15.2 Å². The molecule has 0 saturated heterocycles. The van der Waals surface area contributed by atoms with E-state index in [1.54, 1.807) is 0 Å². The van der Waals surface area contributed by atoms with Gasteiger partial charge in [0.2, 0.25) is 0 Å². The molecule has 2 unspecified atom stereocenters. The van der Waals surface area contributed by atoms with Gasteiger partial charge >= 0.3 is 0 Å². The van der Waals surface area contributed by atoms with Crippen molar-refractivity contribution in [3.05, 3.63) is 0 Å². The Morgan fingerprint density at radius 2 is 2.12 bits per heavy atom. The second-order valence-corrected chi connectivity index (χ2v) is 6.02. The summed E-state index contributed by atoms with van der Waals surface area (Å²) >= 11 is 0. The van der Waals surface area contributed by atoms with E-state index in [2.05, 4.69) is 26.1 Å². The molecule has 2 saturated carbocycles. The Labute approximate surface area is 105 Å². The van der Waals surface area contributed by atoms with Crippen molar-refractivity contribution in [3.8, 4) is 0 Å². The van der Waals surface area contributed by atoms with Crippen LogP contribution in [0.15, 0.2) is 0 Å². The fraction of sp³-hybridized carbons (Fsp3) is 1.00. The third kappa shape index (κ3) is 2.25. The summed E-state index contributed by atoms with van der Waals surface area (Å²) in [6.45, 7) is 7.48. The number of hydrogen-bond acceptors (Lipinski definition) is 3. The maximum atomic E-state index is 9.40. The zero-order valence-corrected chi connectivity index (χ0v) is 11.4. The summed E-state index contributed by atoms with van der Waals surface area (Å²) in [7, 11) is 0. The van der Waals surface area contributed by atoms with Gasteiger partial charge in [0.15, 0.2) is 0 Å². The number of ether oxygens (including phenoxy) is 1. The van der Waals surface area contributed by atoms with Crippen LogP contribution < -0.4 is 5.32 Å². The molecule has 0 aromatic heterocycles. The van der Waals surface area contributed by atoms with Gasteiger partial charge in [-0.25, -0.2) is 0 Å². The van der Waals surface area contributed by atoms with Gasteiger partial charge in [0.25, 0.3) is 0 Å². The second-order valence-electron chi connectivity index (χ2n) is 6.02. The van der Waals surface area contributed by atoms with E-state index in [1.165, 1.54) is 19.3 Å². The number of rotatable bonds is 6. The molecule has 0 aromatic rings. The van der Waals surface area contributed by atoms with Crippen LogP contribution in [0, 0.1) is 11.3 Å². The van der Waals surface area contributed by atoms with Crippen LogP contribution in [0.3, 0.4) is 0 Å². The minimum Gasteiger partial charge on any atom is -0.395 e. The van der Waals surface area contributed by atoms with Crippen molar-refractivity contribution < 1.29 is 9.84 Å². The zero-order chi connectivity index (χ0) is 12.5. The zero-order valence-electron chi connectivity index (χ0n) is 11.4. The minimum atomic E-state index is 0.236. The first-order valence-electron chi connectivity index (χ1n) is 7.12. The van der Waals surface area contributed by atoms with Gasteiger partial charge in [0.1, 0.15) is 0 Å². The molecule has 2 fully saturated rings. The van der Waals surface area contributed by atoms with Crippen molar-refractivity contribution in [1.29, 1.82) is 0 Å². The third-order valence-corrected chi connectivity index (χ3v) is 4.85. The molecule has 2 N–H and O–H groups in total. The highest BCUT2D eigenvalue weighted by Crippen LogP contribution is 2.57. The normalized spacial score (nSPS) is 32.3. The molecule has 17 heavy (non-hydrogen) atoms. The Hall–Kier alpha value is -0.120. The molecule has 0 bridgehead atoms. The molecular formula is C14H27NO2. The highest BCUT2D eigenvalue weighted by atomic mass is 16.5. The molecule has 0 aromatic carbocycles. The van der Waals surface area contributed by atoms with E-state index in [1.807, 2.05) is 0 Å². The van der Waals surface area contributed by atoms with Crippen LogP contribution in [0.5, 0.6) is 0 Å². The first kappa shape index (κ1) is 13.3. The Kier molecular flexibility index (Phi) is 4.11. The van der Waals surface area contributed by atoms with Crippen molar-refractivity contribution in [1.82, 2.24) is 5.32 Å². The second kappa shape index (κ2) is 5.25. The fourth-order valence-corrected chi connectivity index (χ4v) is 3.39. The summed E-state index contributed by atoms with van der Waals surface area (Å²) in [5.74, 6) is 0.489. The molecule has 0 amide bonds. The van der Waals surface area contributed by atoms with Gasteiger partial charge in [-0.05, 0) is 32.1 Å². The lowest BCUT2D eigenvalue weighted by Gasteiger charge is -2.62. The lowest BCUT2D eigenvalue weighted by molar-refractivity contribution is -0.176. The molecule has 3 nitrogen and oxygen atoms in total. The molecule has 0 aliphatic heterocycles. The van der Waals surface area contributed by atoms with Gasteiger partial charge in [0.05, 0.1) is 12.7 Å². The molecule has 0 heterocycles. The number of aliphatic hydroxyl groups is 1. The number of nitrogens with one attached hydrogen (secondary N) is 1. The fourth-order valence-electron chi connectivity index (χ4n) is 3.39. The van der Waals surface area contributed by atoms with E-state index in [9.17, 15) is 5.11 Å². The smallest absolute Gasteiger partial charge is 0.0661 e. The van der Waals surface area contributed by atoms with E-state index in [-0.39, 0.29) is 12.6 Å². The molecule has 2 aliphatic carbocycles. The summed E-state index contributed by atoms with van der Waals surface area (Å²) < 4.78 is 5.84. The minimum absolute atomic E-state index is 0.236. The highest BCUT2D eigenvalue weighted by molar-refractivity contribution is 5.12. The highest BCUT2D eigenvalue weighted by Gasteiger charge is 2.59. The summed E-state index contributed by atoms with van der Waals surface area (Å²) in [6, 6.07) is 0.799. The molecule has 3 atom stereocenters. The summed E-state index contributed by atoms with van der Waals surface area (Å²) in [5, 5.41) is 13.1. The molecule has 100 valence electrons. The van der Waals surface area contributed by atoms with Crippen LogP contribution in [-0.4, -0.2) is 36.5 Å². The summed E-state index contributed by atoms with van der Waals surface area (Å²) in [5.41, 5.74) is 0.401. The molecule has 0 radical (unpaired) electrons. The summed E-state index contributed by atoms with van der Waals surface area (Å²) in [4.78, 5) is 0. The van der Waals surface area contributed by atoms with E-state index in [0.717, 1.165) is 13.0 Å². The molecule has 1 spiro atoms. The third-order valence-electron chi connectivity index (χ3n) is 4.85. The van der Waals surface area contributed by atoms with Gasteiger partial charge in [-0.3, -0.25) is 0 Å². The van der Waals surface area contributed by atoms with Gasteiger partial charge in [-0.2, -0.15) is 0 Å². The number of aliphatic hydroxyl groups excluding tert-OH is 1. The Balaban J connectivity index is 1.90. The lowest BCUT2D eigenvalue weighted by Crippen LogP contribution is -2.68. The molecule has 2 aliphatic rings. The van der Waals surface area contributed by atoms with E-state index < -0.39 is 0 Å².